The summed E-state index contributed by atoms with van der Waals surface area (Å²) >= 11 is 1.57. The van der Waals surface area contributed by atoms with Gasteiger partial charge in [-0.1, -0.05) is 37.1 Å². The van der Waals surface area contributed by atoms with Gasteiger partial charge >= 0.3 is 6.18 Å². The zero-order valence-electron chi connectivity index (χ0n) is 15.6. The van der Waals surface area contributed by atoms with Crippen LogP contribution in [0.5, 0.6) is 0 Å². The van der Waals surface area contributed by atoms with Gasteiger partial charge in [-0.2, -0.15) is 13.2 Å². The number of alkyl halides is 3. The molecule has 28 heavy (non-hydrogen) atoms. The fourth-order valence-electron chi connectivity index (χ4n) is 3.45. The number of anilines is 1. The molecule has 2 aromatic rings. The molecule has 0 aliphatic heterocycles. The van der Waals surface area contributed by atoms with Crippen LogP contribution in [0.25, 0.3) is 0 Å². The quantitative estimate of drug-likeness (QED) is 0.476. The molecule has 1 saturated carbocycles. The van der Waals surface area contributed by atoms with E-state index in [2.05, 4.69) is 20.1 Å². The Morgan fingerprint density at radius 2 is 1.96 bits per heavy atom. The maximum atomic E-state index is 12.9. The molecule has 0 spiro atoms. The van der Waals surface area contributed by atoms with Gasteiger partial charge in [0, 0.05) is 24.1 Å². The fraction of sp³-hybridized carbons (Fsp3) is 0.579. The van der Waals surface area contributed by atoms with Crippen LogP contribution < -0.4 is 5.32 Å². The highest BCUT2D eigenvalue weighted by Crippen LogP contribution is 2.33. The average Bonchev–Trinajstić information content (AvgIpc) is 3.10. The van der Waals surface area contributed by atoms with Crippen LogP contribution >= 0.6 is 11.8 Å². The second-order valence-electron chi connectivity index (χ2n) is 6.92. The minimum absolute atomic E-state index is 0.133. The number of benzene rings is 1. The first-order chi connectivity index (χ1) is 13.5. The Labute approximate surface area is 166 Å². The summed E-state index contributed by atoms with van der Waals surface area (Å²) in [4.78, 5) is 0. The van der Waals surface area contributed by atoms with E-state index >= 15 is 0 Å². The van der Waals surface area contributed by atoms with Crippen molar-refractivity contribution in [3.05, 3.63) is 35.7 Å². The molecule has 1 aromatic heterocycles. The predicted molar refractivity (Wildman–Crippen MR) is 103 cm³/mol. The molecule has 5 nitrogen and oxygen atoms in total. The minimum atomic E-state index is -4.36. The summed E-state index contributed by atoms with van der Waals surface area (Å²) in [5.74, 6) is 1.48. The van der Waals surface area contributed by atoms with Crippen LogP contribution in [0.15, 0.2) is 29.4 Å². The van der Waals surface area contributed by atoms with E-state index in [0.29, 0.717) is 24.7 Å². The first-order valence-electron chi connectivity index (χ1n) is 9.57. The van der Waals surface area contributed by atoms with Crippen molar-refractivity contribution in [1.29, 1.82) is 0 Å². The number of nitrogens with one attached hydrogen (secondary N) is 1. The van der Waals surface area contributed by atoms with E-state index in [-0.39, 0.29) is 6.61 Å². The molecule has 0 amide bonds. The highest BCUT2D eigenvalue weighted by Gasteiger charge is 2.30. The highest BCUT2D eigenvalue weighted by atomic mass is 32.2. The van der Waals surface area contributed by atoms with Gasteiger partial charge in [0.25, 0.3) is 0 Å². The van der Waals surface area contributed by atoms with Gasteiger partial charge in [-0.25, -0.2) is 0 Å². The van der Waals surface area contributed by atoms with E-state index in [1.165, 1.54) is 12.5 Å². The van der Waals surface area contributed by atoms with Crippen molar-refractivity contribution in [2.75, 3.05) is 17.7 Å². The second kappa shape index (κ2) is 9.65. The van der Waals surface area contributed by atoms with Crippen LogP contribution in [-0.4, -0.2) is 32.2 Å². The number of hydrogen-bond donors (Lipinski definition) is 2. The minimum Gasteiger partial charge on any atom is -0.396 e. The lowest BCUT2D eigenvalue weighted by Gasteiger charge is -2.25. The summed E-state index contributed by atoms with van der Waals surface area (Å²) in [6.07, 6.45) is 1.97. The number of nitrogens with zero attached hydrogens (tertiary/aromatic N) is 3. The van der Waals surface area contributed by atoms with Gasteiger partial charge in [0.15, 0.2) is 11.0 Å². The van der Waals surface area contributed by atoms with Crippen molar-refractivity contribution < 1.29 is 18.3 Å². The van der Waals surface area contributed by atoms with Gasteiger partial charge in [0.1, 0.15) is 0 Å². The Kier molecular flexibility index (Phi) is 7.23. The van der Waals surface area contributed by atoms with E-state index in [0.717, 1.165) is 54.5 Å². The van der Waals surface area contributed by atoms with E-state index in [4.69, 9.17) is 5.11 Å². The largest absolute Gasteiger partial charge is 0.416 e. The van der Waals surface area contributed by atoms with Crippen LogP contribution in [-0.2, 0) is 12.7 Å². The van der Waals surface area contributed by atoms with Crippen LogP contribution in [0, 0.1) is 0 Å². The van der Waals surface area contributed by atoms with Gasteiger partial charge in [-0.3, -0.25) is 0 Å². The van der Waals surface area contributed by atoms with E-state index in [1.807, 2.05) is 0 Å². The van der Waals surface area contributed by atoms with Crippen LogP contribution in [0.2, 0.25) is 0 Å². The molecular formula is C19H25F3N4OS. The number of hydrogen-bond acceptors (Lipinski definition) is 5. The summed E-state index contributed by atoms with van der Waals surface area (Å²) in [7, 11) is 0. The van der Waals surface area contributed by atoms with Crippen molar-refractivity contribution in [2.24, 2.45) is 0 Å². The van der Waals surface area contributed by atoms with E-state index in [9.17, 15) is 13.2 Å². The number of thioether (sulfide) groups is 1. The standard InChI is InChI=1S/C19H25F3N4OS/c20-19(21,22)14-6-4-7-15(12-14)23-13-17-24-25-18(28-11-5-10-27)26(17)16-8-2-1-3-9-16/h4,6-7,12,16,23,27H,1-3,5,8-11,13H2. The maximum Gasteiger partial charge on any atom is 0.416 e. The Morgan fingerprint density at radius 3 is 2.68 bits per heavy atom. The lowest BCUT2D eigenvalue weighted by atomic mass is 9.95. The third-order valence-electron chi connectivity index (χ3n) is 4.85. The van der Waals surface area contributed by atoms with Gasteiger partial charge in [0.2, 0.25) is 0 Å². The topological polar surface area (TPSA) is 63.0 Å². The Morgan fingerprint density at radius 1 is 1.18 bits per heavy atom. The Bertz CT molecular complexity index is 760. The monoisotopic (exact) mass is 414 g/mol. The van der Waals surface area contributed by atoms with Crippen molar-refractivity contribution in [2.45, 2.75) is 62.4 Å². The molecule has 0 unspecified atom stereocenters. The number of aromatic nitrogens is 3. The zero-order valence-corrected chi connectivity index (χ0v) is 16.4. The lowest BCUT2D eigenvalue weighted by Crippen LogP contribution is -2.18. The zero-order chi connectivity index (χ0) is 20.0. The predicted octanol–water partition coefficient (Wildman–Crippen LogP) is 4.89. The number of aliphatic hydroxyl groups excluding tert-OH is 1. The van der Waals surface area contributed by atoms with E-state index in [1.54, 1.807) is 17.8 Å². The molecule has 1 aliphatic carbocycles. The third-order valence-corrected chi connectivity index (χ3v) is 5.88. The van der Waals surface area contributed by atoms with Crippen LogP contribution in [0.1, 0.15) is 56.0 Å². The first-order valence-corrected chi connectivity index (χ1v) is 10.6. The molecule has 3 rings (SSSR count). The van der Waals surface area contributed by atoms with Gasteiger partial charge in [0.05, 0.1) is 12.1 Å². The van der Waals surface area contributed by atoms with Crippen molar-refractivity contribution >= 4 is 17.4 Å². The lowest BCUT2D eigenvalue weighted by molar-refractivity contribution is -0.137. The summed E-state index contributed by atoms with van der Waals surface area (Å²) in [5, 5.41) is 21.5. The molecule has 1 heterocycles. The highest BCUT2D eigenvalue weighted by molar-refractivity contribution is 7.99. The summed E-state index contributed by atoms with van der Waals surface area (Å²) in [6, 6.07) is 5.50. The Balaban J connectivity index is 1.75. The molecule has 0 radical (unpaired) electrons. The fourth-order valence-corrected chi connectivity index (χ4v) is 4.40. The number of halogens is 3. The summed E-state index contributed by atoms with van der Waals surface area (Å²) in [5.41, 5.74) is -0.269. The molecule has 1 fully saturated rings. The molecule has 2 N–H and O–H groups in total. The summed E-state index contributed by atoms with van der Waals surface area (Å²) < 4.78 is 40.9. The smallest absolute Gasteiger partial charge is 0.396 e. The SMILES string of the molecule is OCCCSc1nnc(CNc2cccc(C(F)(F)F)c2)n1C1CCCCC1. The molecule has 0 atom stereocenters. The first kappa shape index (κ1) is 21.0. The third kappa shape index (κ3) is 5.41. The van der Waals surface area contributed by atoms with Crippen LogP contribution in [0.3, 0.4) is 0 Å². The maximum absolute atomic E-state index is 12.9. The van der Waals surface area contributed by atoms with Crippen LogP contribution in [0.4, 0.5) is 18.9 Å². The normalized spacial score (nSPS) is 15.7. The molecule has 0 bridgehead atoms. The average molecular weight is 414 g/mol. The van der Waals surface area contributed by atoms with Crippen molar-refractivity contribution in [3.63, 3.8) is 0 Å². The molecule has 0 saturated heterocycles. The molecule has 1 aromatic carbocycles. The molecular weight excluding hydrogens is 389 g/mol. The number of rotatable bonds is 8. The van der Waals surface area contributed by atoms with Gasteiger partial charge in [-0.15, -0.1) is 10.2 Å². The van der Waals surface area contributed by atoms with Gasteiger partial charge in [-0.05, 0) is 37.5 Å². The van der Waals surface area contributed by atoms with E-state index < -0.39 is 11.7 Å². The molecule has 154 valence electrons. The molecule has 1 aliphatic rings. The second-order valence-corrected chi connectivity index (χ2v) is 7.98. The Hall–Kier alpha value is -1.74. The van der Waals surface area contributed by atoms with Gasteiger partial charge < -0.3 is 15.0 Å². The number of aliphatic hydroxyl groups is 1. The van der Waals surface area contributed by atoms with Crippen molar-refractivity contribution in [3.8, 4) is 0 Å². The molecule has 9 heteroatoms. The van der Waals surface area contributed by atoms with Crippen molar-refractivity contribution in [1.82, 2.24) is 14.8 Å². The summed E-state index contributed by atoms with van der Waals surface area (Å²) in [6.45, 7) is 0.444.